The molecule has 0 spiro atoms. The van der Waals surface area contributed by atoms with Gasteiger partial charge in [0.15, 0.2) is 11.6 Å². The molecule has 1 rings (SSSR count). The third-order valence-corrected chi connectivity index (χ3v) is 1.80. The fourth-order valence-corrected chi connectivity index (χ4v) is 1.21. The monoisotopic (exact) mass is 240 g/mol. The zero-order valence-electron chi connectivity index (χ0n) is 9.91. The van der Waals surface area contributed by atoms with E-state index in [1.54, 1.807) is 6.07 Å². The molecule has 3 nitrogen and oxygen atoms in total. The quantitative estimate of drug-likeness (QED) is 0.802. The molecule has 0 amide bonds. The Morgan fingerprint density at radius 3 is 2.59 bits per heavy atom. The molecule has 0 aliphatic carbocycles. The van der Waals surface area contributed by atoms with Crippen molar-refractivity contribution in [3.63, 3.8) is 0 Å². The van der Waals surface area contributed by atoms with Gasteiger partial charge in [0.05, 0.1) is 6.61 Å². The summed E-state index contributed by atoms with van der Waals surface area (Å²) in [4.78, 5) is 10.8. The average molecular weight is 240 g/mol. The van der Waals surface area contributed by atoms with Crippen LogP contribution in [0.3, 0.4) is 0 Å². The molecule has 94 valence electrons. The molecule has 0 unspecified atom stereocenters. The number of benzene rings is 1. The van der Waals surface area contributed by atoms with Gasteiger partial charge in [-0.15, -0.1) is 13.2 Å². The molecule has 1 N–H and O–H groups in total. The zero-order valence-corrected chi connectivity index (χ0v) is 9.91. The molecule has 0 atom stereocenters. The molecule has 0 aliphatic rings. The van der Waals surface area contributed by atoms with Crippen molar-refractivity contribution >= 4 is 5.78 Å². The Hall–Kier alpha value is -1.68. The van der Waals surface area contributed by atoms with Crippen LogP contribution in [0.4, 0.5) is 4.39 Å². The molecule has 17 heavy (non-hydrogen) atoms. The number of halogens is 1. The van der Waals surface area contributed by atoms with Crippen molar-refractivity contribution in [2.45, 2.75) is 13.3 Å². The minimum Gasteiger partial charge on any atom is -0.488 e. The molecular formula is C13H17FO3. The van der Waals surface area contributed by atoms with Crippen LogP contribution in [0.15, 0.2) is 31.4 Å². The highest BCUT2D eigenvalue weighted by molar-refractivity contribution is 5.78. The van der Waals surface area contributed by atoms with Gasteiger partial charge in [0.25, 0.3) is 0 Å². The van der Waals surface area contributed by atoms with Crippen molar-refractivity contribution in [3.05, 3.63) is 42.7 Å². The van der Waals surface area contributed by atoms with Gasteiger partial charge in [0.2, 0.25) is 0 Å². The van der Waals surface area contributed by atoms with Gasteiger partial charge in [-0.3, -0.25) is 4.79 Å². The summed E-state index contributed by atoms with van der Waals surface area (Å²) in [5.74, 6) is -0.433. The first-order valence-corrected chi connectivity index (χ1v) is 5.15. The second-order valence-electron chi connectivity index (χ2n) is 3.22. The Morgan fingerprint density at radius 2 is 2.12 bits per heavy atom. The highest BCUT2D eigenvalue weighted by atomic mass is 19.1. The second kappa shape index (κ2) is 8.47. The van der Waals surface area contributed by atoms with E-state index in [4.69, 9.17) is 9.84 Å². The van der Waals surface area contributed by atoms with Crippen molar-refractivity contribution in [1.82, 2.24) is 0 Å². The second-order valence-corrected chi connectivity index (χ2v) is 3.22. The topological polar surface area (TPSA) is 46.5 Å². The Bertz CT molecular complexity index is 364. The number of rotatable bonds is 5. The van der Waals surface area contributed by atoms with E-state index in [0.717, 1.165) is 0 Å². The molecular weight excluding hydrogens is 223 g/mol. The number of hydrogen-bond donors (Lipinski definition) is 1. The summed E-state index contributed by atoms with van der Waals surface area (Å²) in [5.41, 5.74) is 0.622. The van der Waals surface area contributed by atoms with Gasteiger partial charge in [-0.1, -0.05) is 6.07 Å². The molecule has 0 fully saturated rings. The van der Waals surface area contributed by atoms with E-state index < -0.39 is 5.82 Å². The Balaban J connectivity index is 0.00000121. The molecule has 4 heteroatoms. The number of ether oxygens (including phenoxy) is 1. The van der Waals surface area contributed by atoms with Crippen LogP contribution in [-0.2, 0) is 11.2 Å². The molecule has 0 saturated carbocycles. The molecule has 0 radical (unpaired) electrons. The molecule has 0 bridgehead atoms. The predicted molar refractivity (Wildman–Crippen MR) is 64.6 cm³/mol. The number of carbonyl (C=O) groups excluding carboxylic acids is 1. The normalized spacial score (nSPS) is 9.12. The van der Waals surface area contributed by atoms with Crippen LogP contribution < -0.4 is 4.74 Å². The Morgan fingerprint density at radius 1 is 1.47 bits per heavy atom. The minimum absolute atomic E-state index is 0.0153. The van der Waals surface area contributed by atoms with E-state index in [1.165, 1.54) is 19.1 Å². The van der Waals surface area contributed by atoms with Gasteiger partial charge in [-0.2, -0.15) is 0 Å². The SMILES string of the molecule is C=C.CC(=O)Cc1ccc(OCCO)c(F)c1. The molecule has 0 saturated heterocycles. The van der Waals surface area contributed by atoms with Crippen molar-refractivity contribution in [2.75, 3.05) is 13.2 Å². The largest absolute Gasteiger partial charge is 0.488 e. The fraction of sp³-hybridized carbons (Fsp3) is 0.308. The van der Waals surface area contributed by atoms with Gasteiger partial charge in [0.1, 0.15) is 12.4 Å². The van der Waals surface area contributed by atoms with Gasteiger partial charge < -0.3 is 9.84 Å². The summed E-state index contributed by atoms with van der Waals surface area (Å²) in [7, 11) is 0. The van der Waals surface area contributed by atoms with Crippen LogP contribution in [0.5, 0.6) is 5.75 Å². The van der Waals surface area contributed by atoms with E-state index in [1.807, 2.05) is 0 Å². The summed E-state index contributed by atoms with van der Waals surface area (Å²) in [6.45, 7) is 7.35. The molecule has 1 aromatic rings. The number of aliphatic hydroxyl groups excluding tert-OH is 1. The van der Waals surface area contributed by atoms with Crippen LogP contribution in [0, 0.1) is 5.82 Å². The summed E-state index contributed by atoms with van der Waals surface area (Å²) in [6, 6.07) is 4.37. The van der Waals surface area contributed by atoms with E-state index >= 15 is 0 Å². The lowest BCUT2D eigenvalue weighted by molar-refractivity contribution is -0.116. The van der Waals surface area contributed by atoms with Crippen molar-refractivity contribution in [1.29, 1.82) is 0 Å². The van der Waals surface area contributed by atoms with Crippen molar-refractivity contribution in [2.24, 2.45) is 0 Å². The molecule has 0 aromatic heterocycles. The van der Waals surface area contributed by atoms with Crippen LogP contribution in [-0.4, -0.2) is 24.1 Å². The van der Waals surface area contributed by atoms with Gasteiger partial charge >= 0.3 is 0 Å². The smallest absolute Gasteiger partial charge is 0.165 e. The number of aliphatic hydroxyl groups is 1. The Kier molecular flexibility index (Phi) is 7.63. The van der Waals surface area contributed by atoms with Crippen LogP contribution in [0.1, 0.15) is 12.5 Å². The standard InChI is InChI=1S/C11H13FO3.C2H4/c1-8(14)6-9-2-3-11(10(12)7-9)15-5-4-13;1-2/h2-3,7,13H,4-6H2,1H3;1-2H2. The summed E-state index contributed by atoms with van der Waals surface area (Å²) in [6.07, 6.45) is 0.219. The van der Waals surface area contributed by atoms with Crippen LogP contribution >= 0.6 is 0 Å². The lowest BCUT2D eigenvalue weighted by Crippen LogP contribution is -2.04. The Labute approximate surface area is 101 Å². The lowest BCUT2D eigenvalue weighted by Gasteiger charge is -2.06. The first kappa shape index (κ1) is 15.3. The fourth-order valence-electron chi connectivity index (χ4n) is 1.21. The molecule has 0 heterocycles. The van der Waals surface area contributed by atoms with Crippen LogP contribution in [0.2, 0.25) is 0 Å². The molecule has 0 aliphatic heterocycles. The number of ketones is 1. The van der Waals surface area contributed by atoms with E-state index in [2.05, 4.69) is 13.2 Å². The lowest BCUT2D eigenvalue weighted by atomic mass is 10.1. The average Bonchev–Trinajstić information content (AvgIpc) is 2.30. The van der Waals surface area contributed by atoms with Gasteiger partial charge in [0, 0.05) is 6.42 Å². The van der Waals surface area contributed by atoms with Crippen LogP contribution in [0.25, 0.3) is 0 Å². The maximum Gasteiger partial charge on any atom is 0.165 e. The van der Waals surface area contributed by atoms with Crippen molar-refractivity contribution < 1.29 is 19.0 Å². The van der Waals surface area contributed by atoms with Gasteiger partial charge in [-0.05, 0) is 24.6 Å². The predicted octanol–water partition coefficient (Wildman–Crippen LogP) is 2.13. The summed E-state index contributed by atoms with van der Waals surface area (Å²) in [5, 5.41) is 8.50. The number of carbonyl (C=O) groups is 1. The molecule has 1 aromatic carbocycles. The van der Waals surface area contributed by atoms with E-state index in [0.29, 0.717) is 5.56 Å². The van der Waals surface area contributed by atoms with E-state index in [-0.39, 0.29) is 31.2 Å². The highest BCUT2D eigenvalue weighted by Gasteiger charge is 2.05. The third kappa shape index (κ3) is 5.82. The zero-order chi connectivity index (χ0) is 13.3. The summed E-state index contributed by atoms with van der Waals surface area (Å²) < 4.78 is 18.2. The highest BCUT2D eigenvalue weighted by Crippen LogP contribution is 2.18. The van der Waals surface area contributed by atoms with E-state index in [9.17, 15) is 9.18 Å². The number of Topliss-reactive ketones (excluding diaryl/α,β-unsaturated/α-hetero) is 1. The first-order chi connectivity index (χ1) is 8.13. The minimum atomic E-state index is -0.512. The summed E-state index contributed by atoms with van der Waals surface area (Å²) >= 11 is 0. The van der Waals surface area contributed by atoms with Crippen molar-refractivity contribution in [3.8, 4) is 5.75 Å². The maximum absolute atomic E-state index is 13.3. The maximum atomic E-state index is 13.3. The third-order valence-electron chi connectivity index (χ3n) is 1.80. The van der Waals surface area contributed by atoms with Gasteiger partial charge in [-0.25, -0.2) is 4.39 Å². The first-order valence-electron chi connectivity index (χ1n) is 5.15. The number of hydrogen-bond acceptors (Lipinski definition) is 3.